The van der Waals surface area contributed by atoms with Gasteiger partial charge < -0.3 is 16.0 Å². The summed E-state index contributed by atoms with van der Waals surface area (Å²) >= 11 is 1.61. The van der Waals surface area contributed by atoms with Gasteiger partial charge in [-0.25, -0.2) is 0 Å². The van der Waals surface area contributed by atoms with Gasteiger partial charge in [0.1, 0.15) is 6.04 Å². The maximum absolute atomic E-state index is 11.7. The van der Waals surface area contributed by atoms with Gasteiger partial charge in [-0.3, -0.25) is 9.59 Å². The highest BCUT2D eigenvalue weighted by Crippen LogP contribution is 2.21. The van der Waals surface area contributed by atoms with Crippen molar-refractivity contribution in [2.24, 2.45) is 5.73 Å². The van der Waals surface area contributed by atoms with E-state index in [1.807, 2.05) is 0 Å². The zero-order valence-electron chi connectivity index (χ0n) is 8.86. The summed E-state index contributed by atoms with van der Waals surface area (Å²) in [5.41, 5.74) is 5.30. The van der Waals surface area contributed by atoms with E-state index in [0.717, 1.165) is 0 Å². The zero-order chi connectivity index (χ0) is 11.3. The van der Waals surface area contributed by atoms with Crippen LogP contribution in [0.5, 0.6) is 0 Å². The summed E-state index contributed by atoms with van der Waals surface area (Å²) in [4.78, 5) is 24.8. The molecular formula is C9H17N3O2S. The fourth-order valence-corrected chi connectivity index (χ4v) is 2.60. The molecule has 0 aromatic rings. The van der Waals surface area contributed by atoms with Gasteiger partial charge in [0.15, 0.2) is 0 Å². The van der Waals surface area contributed by atoms with E-state index in [0.29, 0.717) is 31.1 Å². The molecule has 1 saturated heterocycles. The molecule has 15 heavy (non-hydrogen) atoms. The molecule has 1 rings (SSSR count). The molecule has 2 amide bonds. The lowest BCUT2D eigenvalue weighted by molar-refractivity contribution is -0.137. The minimum atomic E-state index is -0.311. The van der Waals surface area contributed by atoms with Crippen LogP contribution in [0, 0.1) is 0 Å². The van der Waals surface area contributed by atoms with E-state index < -0.39 is 0 Å². The number of amides is 2. The number of nitrogens with one attached hydrogen (secondary N) is 1. The van der Waals surface area contributed by atoms with Gasteiger partial charge in [0.25, 0.3) is 0 Å². The quantitative estimate of drug-likeness (QED) is 0.675. The lowest BCUT2D eigenvalue weighted by atomic mass is 10.2. The first-order valence-electron chi connectivity index (χ1n) is 5.05. The van der Waals surface area contributed by atoms with Gasteiger partial charge in [-0.05, 0) is 0 Å². The fraction of sp³-hybridized carbons (Fsp3) is 0.778. The maximum atomic E-state index is 11.7. The van der Waals surface area contributed by atoms with Crippen molar-refractivity contribution in [3.05, 3.63) is 0 Å². The molecule has 86 valence electrons. The predicted molar refractivity (Wildman–Crippen MR) is 60.3 cm³/mol. The van der Waals surface area contributed by atoms with Crippen molar-refractivity contribution >= 4 is 23.6 Å². The highest BCUT2D eigenvalue weighted by molar-refractivity contribution is 7.99. The average Bonchev–Trinajstić information content (AvgIpc) is 2.73. The smallest absolute Gasteiger partial charge is 0.243 e. The first-order valence-corrected chi connectivity index (χ1v) is 6.21. The summed E-state index contributed by atoms with van der Waals surface area (Å²) in [6.45, 7) is 2.70. The average molecular weight is 231 g/mol. The van der Waals surface area contributed by atoms with Gasteiger partial charge >= 0.3 is 0 Å². The molecule has 0 aliphatic carbocycles. The monoisotopic (exact) mass is 231 g/mol. The van der Waals surface area contributed by atoms with Crippen LogP contribution < -0.4 is 11.1 Å². The standard InChI is InChI=1S/C9H17N3O2S/c1-2-8(13)12-6-15-5-7(12)9(14)11-4-3-10/h7H,2-6,10H2,1H3,(H,11,14). The molecule has 0 radical (unpaired) electrons. The largest absolute Gasteiger partial charge is 0.353 e. The second-order valence-corrected chi connectivity index (χ2v) is 4.31. The molecule has 0 bridgehead atoms. The topological polar surface area (TPSA) is 75.4 Å². The number of carbonyl (C=O) groups excluding carboxylic acids is 2. The fourth-order valence-electron chi connectivity index (χ4n) is 1.42. The lowest BCUT2D eigenvalue weighted by Crippen LogP contribution is -2.48. The Balaban J connectivity index is 2.52. The number of hydrogen-bond acceptors (Lipinski definition) is 4. The van der Waals surface area contributed by atoms with Crippen LogP contribution in [0.1, 0.15) is 13.3 Å². The van der Waals surface area contributed by atoms with Gasteiger partial charge in [-0.1, -0.05) is 6.92 Å². The van der Waals surface area contributed by atoms with Crippen molar-refractivity contribution in [2.45, 2.75) is 19.4 Å². The normalized spacial score (nSPS) is 20.4. The highest BCUT2D eigenvalue weighted by atomic mass is 32.2. The molecule has 1 fully saturated rings. The Morgan fingerprint density at radius 2 is 2.33 bits per heavy atom. The maximum Gasteiger partial charge on any atom is 0.243 e. The van der Waals surface area contributed by atoms with E-state index in [2.05, 4.69) is 5.32 Å². The van der Waals surface area contributed by atoms with Crippen molar-refractivity contribution in [1.82, 2.24) is 10.2 Å². The van der Waals surface area contributed by atoms with Crippen molar-refractivity contribution in [1.29, 1.82) is 0 Å². The molecule has 1 aliphatic heterocycles. The van der Waals surface area contributed by atoms with Crippen molar-refractivity contribution in [2.75, 3.05) is 24.7 Å². The summed E-state index contributed by atoms with van der Waals surface area (Å²) < 4.78 is 0. The minimum absolute atomic E-state index is 0.0351. The van der Waals surface area contributed by atoms with Gasteiger partial charge in [-0.15, -0.1) is 11.8 Å². The Morgan fingerprint density at radius 1 is 1.60 bits per heavy atom. The number of rotatable bonds is 4. The molecular weight excluding hydrogens is 214 g/mol. The van der Waals surface area contributed by atoms with E-state index in [1.54, 1.807) is 23.6 Å². The number of nitrogens with zero attached hydrogens (tertiary/aromatic N) is 1. The molecule has 1 aliphatic rings. The van der Waals surface area contributed by atoms with E-state index in [1.165, 1.54) is 0 Å². The third-order valence-corrected chi connectivity index (χ3v) is 3.26. The summed E-state index contributed by atoms with van der Waals surface area (Å²) in [6, 6.07) is -0.311. The number of thioether (sulfide) groups is 1. The summed E-state index contributed by atoms with van der Waals surface area (Å²) in [5.74, 6) is 1.25. The first-order chi connectivity index (χ1) is 7.20. The van der Waals surface area contributed by atoms with Crippen LogP contribution >= 0.6 is 11.8 Å². The molecule has 5 nitrogen and oxygen atoms in total. The third kappa shape index (κ3) is 3.10. The Kier molecular flexibility index (Phi) is 4.90. The van der Waals surface area contributed by atoms with E-state index >= 15 is 0 Å². The van der Waals surface area contributed by atoms with Gasteiger partial charge in [0.05, 0.1) is 5.88 Å². The molecule has 1 unspecified atom stereocenters. The molecule has 1 heterocycles. The van der Waals surface area contributed by atoms with Crippen LogP contribution in [-0.4, -0.2) is 47.5 Å². The van der Waals surface area contributed by atoms with Crippen molar-refractivity contribution in [3.63, 3.8) is 0 Å². The van der Waals surface area contributed by atoms with E-state index in [9.17, 15) is 9.59 Å². The van der Waals surface area contributed by atoms with E-state index in [4.69, 9.17) is 5.73 Å². The zero-order valence-corrected chi connectivity index (χ0v) is 9.68. The number of nitrogens with two attached hydrogens (primary N) is 1. The SMILES string of the molecule is CCC(=O)N1CSCC1C(=O)NCCN. The van der Waals surface area contributed by atoms with Crippen LogP contribution in [0.25, 0.3) is 0 Å². The van der Waals surface area contributed by atoms with E-state index in [-0.39, 0.29) is 17.9 Å². The second kappa shape index (κ2) is 5.97. The van der Waals surface area contributed by atoms with Crippen LogP contribution in [0.3, 0.4) is 0 Å². The Morgan fingerprint density at radius 3 is 2.93 bits per heavy atom. The van der Waals surface area contributed by atoms with Gasteiger partial charge in [0, 0.05) is 25.3 Å². The molecule has 0 spiro atoms. The van der Waals surface area contributed by atoms with Gasteiger partial charge in [-0.2, -0.15) is 0 Å². The van der Waals surface area contributed by atoms with Crippen molar-refractivity contribution in [3.8, 4) is 0 Å². The van der Waals surface area contributed by atoms with Crippen LogP contribution in [-0.2, 0) is 9.59 Å². The second-order valence-electron chi connectivity index (χ2n) is 3.31. The van der Waals surface area contributed by atoms with Crippen LogP contribution in [0.15, 0.2) is 0 Å². The highest BCUT2D eigenvalue weighted by Gasteiger charge is 2.33. The van der Waals surface area contributed by atoms with Crippen LogP contribution in [0.4, 0.5) is 0 Å². The first kappa shape index (κ1) is 12.3. The molecule has 3 N–H and O–H groups in total. The molecule has 0 aromatic carbocycles. The Labute approximate surface area is 93.7 Å². The third-order valence-electron chi connectivity index (χ3n) is 2.25. The van der Waals surface area contributed by atoms with Gasteiger partial charge in [0.2, 0.25) is 11.8 Å². The molecule has 0 aromatic heterocycles. The lowest BCUT2D eigenvalue weighted by Gasteiger charge is -2.22. The van der Waals surface area contributed by atoms with Crippen LogP contribution in [0.2, 0.25) is 0 Å². The number of hydrogen-bond donors (Lipinski definition) is 2. The number of carbonyl (C=O) groups is 2. The Hall–Kier alpha value is -0.750. The molecule has 6 heteroatoms. The molecule has 0 saturated carbocycles. The summed E-state index contributed by atoms with van der Waals surface area (Å²) in [6.07, 6.45) is 0.446. The Bertz CT molecular complexity index is 248. The minimum Gasteiger partial charge on any atom is -0.353 e. The predicted octanol–water partition coefficient (Wildman–Crippen LogP) is -0.627. The molecule has 1 atom stereocenters. The van der Waals surface area contributed by atoms with Crippen molar-refractivity contribution < 1.29 is 9.59 Å². The summed E-state index contributed by atoms with van der Waals surface area (Å²) in [7, 11) is 0. The summed E-state index contributed by atoms with van der Waals surface area (Å²) in [5, 5.41) is 2.71.